The molecule has 3 aromatic heterocycles. The largest absolute Gasteiger partial charge is 0.481 e. The molecular weight excluding hydrogens is 394 g/mol. The van der Waals surface area contributed by atoms with Gasteiger partial charge in [-0.15, -0.1) is 0 Å². The van der Waals surface area contributed by atoms with Gasteiger partial charge in [0.05, 0.1) is 18.3 Å². The molecule has 8 heteroatoms. The Bertz CT molecular complexity index is 1060. The van der Waals surface area contributed by atoms with Gasteiger partial charge >= 0.3 is 5.97 Å². The molecule has 0 aromatic carbocycles. The van der Waals surface area contributed by atoms with Crippen LogP contribution in [0.1, 0.15) is 47.2 Å². The van der Waals surface area contributed by atoms with Crippen molar-refractivity contribution in [2.24, 2.45) is 0 Å². The molecule has 0 radical (unpaired) electrons. The van der Waals surface area contributed by atoms with Gasteiger partial charge in [-0.05, 0) is 42.2 Å². The summed E-state index contributed by atoms with van der Waals surface area (Å²) in [5.41, 5.74) is 3.45. The van der Waals surface area contributed by atoms with Crippen LogP contribution in [-0.2, 0) is 17.8 Å². The summed E-state index contributed by atoms with van der Waals surface area (Å²) in [5.74, 6) is -0.249. The average molecular weight is 419 g/mol. The van der Waals surface area contributed by atoms with Gasteiger partial charge in [-0.1, -0.05) is 18.2 Å². The normalized spacial score (nSPS) is 15.3. The zero-order valence-electron chi connectivity index (χ0n) is 17.1. The van der Waals surface area contributed by atoms with Crippen LogP contribution in [0.4, 0.5) is 5.82 Å². The Morgan fingerprint density at radius 2 is 2.19 bits per heavy atom. The Morgan fingerprint density at radius 3 is 3.00 bits per heavy atom. The van der Waals surface area contributed by atoms with Crippen LogP contribution in [0.3, 0.4) is 0 Å². The van der Waals surface area contributed by atoms with Gasteiger partial charge in [0.2, 0.25) is 0 Å². The fourth-order valence-corrected chi connectivity index (χ4v) is 3.72. The highest BCUT2D eigenvalue weighted by Gasteiger charge is 2.17. The number of carbonyl (C=O) groups is 1. The van der Waals surface area contributed by atoms with E-state index in [1.54, 1.807) is 41.5 Å². The van der Waals surface area contributed by atoms with Crippen LogP contribution in [-0.4, -0.2) is 42.5 Å². The van der Waals surface area contributed by atoms with E-state index in [0.717, 1.165) is 36.3 Å². The van der Waals surface area contributed by atoms with Crippen LogP contribution < -0.4 is 5.32 Å². The van der Waals surface area contributed by atoms with Crippen LogP contribution in [0.15, 0.2) is 55.1 Å². The zero-order chi connectivity index (χ0) is 21.6. The number of aliphatic carboxylic acids is 1. The summed E-state index contributed by atoms with van der Waals surface area (Å²) in [6, 6.07) is 7.55. The van der Waals surface area contributed by atoms with E-state index in [2.05, 4.69) is 20.4 Å². The van der Waals surface area contributed by atoms with Crippen LogP contribution in [0, 0.1) is 0 Å². The number of aliphatic hydroxyl groups is 1. The number of rotatable bonds is 8. The van der Waals surface area contributed by atoms with Crippen LogP contribution in [0.2, 0.25) is 0 Å². The number of anilines is 1. The van der Waals surface area contributed by atoms with E-state index in [4.69, 9.17) is 0 Å². The van der Waals surface area contributed by atoms with E-state index < -0.39 is 12.1 Å². The van der Waals surface area contributed by atoms with Crippen LogP contribution in [0.5, 0.6) is 0 Å². The molecule has 0 bridgehead atoms. The minimum atomic E-state index is -0.865. The maximum absolute atomic E-state index is 11.3. The first kappa shape index (κ1) is 20.7. The number of carboxylic acids is 1. The van der Waals surface area contributed by atoms with Gasteiger partial charge in [0.15, 0.2) is 0 Å². The summed E-state index contributed by atoms with van der Waals surface area (Å²) in [4.78, 5) is 19.9. The fourth-order valence-electron chi connectivity index (χ4n) is 3.72. The number of nitrogens with zero attached hydrogens (tertiary/aromatic N) is 4. The third-order valence-corrected chi connectivity index (χ3v) is 5.33. The summed E-state index contributed by atoms with van der Waals surface area (Å²) in [7, 11) is 0. The highest BCUT2D eigenvalue weighted by Crippen LogP contribution is 2.24. The molecule has 8 nitrogen and oxygen atoms in total. The number of carboxylic acid groups (broad SMARTS) is 1. The molecule has 2 atom stereocenters. The second-order valence-electron chi connectivity index (χ2n) is 7.65. The lowest BCUT2D eigenvalue weighted by atomic mass is 9.97. The molecule has 0 amide bonds. The maximum Gasteiger partial charge on any atom is 0.304 e. The summed E-state index contributed by atoms with van der Waals surface area (Å²) in [6.07, 6.45) is 11.6. The van der Waals surface area contributed by atoms with Crippen molar-refractivity contribution in [2.75, 3.05) is 11.9 Å². The minimum absolute atomic E-state index is 0.00647. The molecule has 0 aliphatic carbocycles. The number of fused-ring (bicyclic) bond motifs is 1. The summed E-state index contributed by atoms with van der Waals surface area (Å²) < 4.78 is 1.72. The standard InChI is InChI=1S/C23H25N5O3/c29-21(20-7-6-17-3-2-10-25-23(17)27-20)8-5-16-12-26-28(14-16)15-19(11-22(30)31)18-4-1-9-24-13-18/h1,4-9,12-14,19,21,29H,2-3,10-11,15H2,(H,25,27)(H,30,31)/b8-5+. The van der Waals surface area contributed by atoms with Gasteiger partial charge in [0.1, 0.15) is 11.9 Å². The van der Waals surface area contributed by atoms with E-state index in [9.17, 15) is 15.0 Å². The van der Waals surface area contributed by atoms with Gasteiger partial charge in [-0.25, -0.2) is 4.98 Å². The van der Waals surface area contributed by atoms with Gasteiger partial charge in [-0.2, -0.15) is 5.10 Å². The van der Waals surface area contributed by atoms with Crippen molar-refractivity contribution in [1.82, 2.24) is 19.7 Å². The summed E-state index contributed by atoms with van der Waals surface area (Å²) in [6.45, 7) is 1.32. The molecule has 3 N–H and O–H groups in total. The third kappa shape index (κ3) is 5.35. The Labute approximate surface area is 180 Å². The fraction of sp³-hybridized carbons (Fsp3) is 0.304. The number of nitrogens with one attached hydrogen (secondary N) is 1. The highest BCUT2D eigenvalue weighted by molar-refractivity contribution is 5.68. The molecule has 1 aliphatic heterocycles. The Hall–Kier alpha value is -3.52. The van der Waals surface area contributed by atoms with Crippen molar-refractivity contribution in [3.63, 3.8) is 0 Å². The van der Waals surface area contributed by atoms with E-state index in [-0.39, 0.29) is 12.3 Å². The molecule has 4 rings (SSSR count). The number of aliphatic hydroxyl groups excluding tert-OH is 1. The molecular formula is C23H25N5O3. The van der Waals surface area contributed by atoms with Crippen molar-refractivity contribution < 1.29 is 15.0 Å². The molecule has 2 unspecified atom stereocenters. The molecule has 0 fully saturated rings. The van der Waals surface area contributed by atoms with Crippen molar-refractivity contribution in [2.45, 2.75) is 37.8 Å². The van der Waals surface area contributed by atoms with Gasteiger partial charge in [-0.3, -0.25) is 14.5 Å². The van der Waals surface area contributed by atoms with Gasteiger partial charge in [0.25, 0.3) is 0 Å². The summed E-state index contributed by atoms with van der Waals surface area (Å²) >= 11 is 0. The van der Waals surface area contributed by atoms with E-state index in [1.165, 1.54) is 5.56 Å². The number of aromatic nitrogens is 4. The third-order valence-electron chi connectivity index (χ3n) is 5.33. The Morgan fingerprint density at radius 1 is 1.29 bits per heavy atom. The van der Waals surface area contributed by atoms with Crippen molar-refractivity contribution in [3.8, 4) is 0 Å². The second kappa shape index (κ2) is 9.53. The monoisotopic (exact) mass is 419 g/mol. The van der Waals surface area contributed by atoms with Gasteiger partial charge < -0.3 is 15.5 Å². The summed E-state index contributed by atoms with van der Waals surface area (Å²) in [5, 5.41) is 27.4. The number of pyridine rings is 2. The molecule has 3 aromatic rings. The highest BCUT2D eigenvalue weighted by atomic mass is 16.4. The van der Waals surface area contributed by atoms with E-state index >= 15 is 0 Å². The van der Waals surface area contributed by atoms with Crippen molar-refractivity contribution in [1.29, 1.82) is 0 Å². The quantitative estimate of drug-likeness (QED) is 0.514. The molecule has 0 saturated carbocycles. The predicted molar refractivity (Wildman–Crippen MR) is 116 cm³/mol. The maximum atomic E-state index is 11.3. The lowest BCUT2D eigenvalue weighted by molar-refractivity contribution is -0.137. The Kier molecular flexibility index (Phi) is 6.37. The molecule has 31 heavy (non-hydrogen) atoms. The first-order valence-corrected chi connectivity index (χ1v) is 10.3. The Balaban J connectivity index is 1.43. The van der Waals surface area contributed by atoms with Crippen molar-refractivity contribution >= 4 is 17.9 Å². The molecule has 0 saturated heterocycles. The lowest BCUT2D eigenvalue weighted by Gasteiger charge is -2.18. The SMILES string of the molecule is O=C(O)CC(Cn1cc(/C=C/C(O)c2ccc3c(n2)NCCC3)cn1)c1cccnc1. The topological polar surface area (TPSA) is 113 Å². The van der Waals surface area contributed by atoms with Gasteiger partial charge in [0, 0.05) is 43.2 Å². The number of hydrogen-bond acceptors (Lipinski definition) is 6. The average Bonchev–Trinajstić information content (AvgIpc) is 3.24. The zero-order valence-corrected chi connectivity index (χ0v) is 17.1. The van der Waals surface area contributed by atoms with E-state index in [1.807, 2.05) is 24.4 Å². The van der Waals surface area contributed by atoms with Crippen LogP contribution >= 0.6 is 0 Å². The molecule has 0 spiro atoms. The van der Waals surface area contributed by atoms with Crippen molar-refractivity contribution in [3.05, 3.63) is 77.5 Å². The predicted octanol–water partition coefficient (Wildman–Crippen LogP) is 3.04. The minimum Gasteiger partial charge on any atom is -0.481 e. The molecule has 4 heterocycles. The number of aryl methyl sites for hydroxylation is 1. The first-order valence-electron chi connectivity index (χ1n) is 10.3. The van der Waals surface area contributed by atoms with E-state index in [0.29, 0.717) is 12.2 Å². The molecule has 160 valence electrons. The number of hydrogen-bond donors (Lipinski definition) is 3. The molecule has 1 aliphatic rings. The lowest BCUT2D eigenvalue weighted by Crippen LogP contribution is -2.14. The smallest absolute Gasteiger partial charge is 0.304 e. The second-order valence-corrected chi connectivity index (χ2v) is 7.65. The first-order chi connectivity index (χ1) is 15.1. The van der Waals surface area contributed by atoms with Crippen LogP contribution in [0.25, 0.3) is 6.08 Å².